The first-order chi connectivity index (χ1) is 25.5. The lowest BCUT2D eigenvalue weighted by Crippen LogP contribution is -2.54. The van der Waals surface area contributed by atoms with Crippen LogP contribution in [-0.4, -0.2) is 53.7 Å². The van der Waals surface area contributed by atoms with Crippen molar-refractivity contribution in [3.8, 4) is 5.75 Å². The summed E-state index contributed by atoms with van der Waals surface area (Å²) in [5, 5.41) is 23.0. The fourth-order valence-electron chi connectivity index (χ4n) is 6.69. The fraction of sp³-hybridized carbons (Fsp3) is 0.311. The van der Waals surface area contributed by atoms with Gasteiger partial charge in [0.15, 0.2) is 6.61 Å². The Morgan fingerprint density at radius 1 is 0.660 bits per heavy atom. The monoisotopic (exact) mass is 713 g/mol. The Balaban J connectivity index is 1.33. The van der Waals surface area contributed by atoms with E-state index in [0.717, 1.165) is 33.0 Å². The van der Waals surface area contributed by atoms with Gasteiger partial charge in [0.2, 0.25) is 5.91 Å². The van der Waals surface area contributed by atoms with Crippen molar-refractivity contribution in [3.63, 3.8) is 0 Å². The van der Waals surface area contributed by atoms with E-state index < -0.39 is 24.2 Å². The Morgan fingerprint density at radius 2 is 1.26 bits per heavy atom. The maximum absolute atomic E-state index is 14.1. The lowest BCUT2D eigenvalue weighted by molar-refractivity contribution is -0.126. The van der Waals surface area contributed by atoms with Gasteiger partial charge in [0, 0.05) is 11.6 Å². The number of nitrogens with one attached hydrogen (secondary N) is 3. The van der Waals surface area contributed by atoms with Crippen LogP contribution in [0.15, 0.2) is 121 Å². The Bertz CT molecular complexity index is 1940. The van der Waals surface area contributed by atoms with Crippen molar-refractivity contribution in [3.05, 3.63) is 149 Å². The molecule has 276 valence electrons. The standard InChI is InChI=1S/C45H51N3O5/c1-30(2)24-40(48-44(51)37-23-22-35-20-11-12-21-36(35)27-37)45(52)47-39(26-34-18-9-6-10-19-34)41(49)28-38(25-33-16-7-5-8-17-33)46-42(50)29-53-43-31(3)14-13-15-32(43)4/h5-23,27,30,38-41,49H,24-26,28-29H2,1-4H3,(H,46,50)(H,47,52)(H,48,51)/t38-,39-,40-,41-/m0/s1. The molecular weight excluding hydrogens is 663 g/mol. The lowest BCUT2D eigenvalue weighted by atomic mass is 9.93. The maximum Gasteiger partial charge on any atom is 0.258 e. The quantitative estimate of drug-likeness (QED) is 0.0839. The first kappa shape index (κ1) is 38.8. The summed E-state index contributed by atoms with van der Waals surface area (Å²) in [6.45, 7) is 7.71. The molecule has 5 aromatic rings. The minimum Gasteiger partial charge on any atom is -0.483 e. The number of para-hydroxylation sites is 1. The van der Waals surface area contributed by atoms with Gasteiger partial charge in [0.1, 0.15) is 11.8 Å². The van der Waals surface area contributed by atoms with Gasteiger partial charge in [-0.2, -0.15) is 0 Å². The second kappa shape index (κ2) is 18.9. The normalized spacial score (nSPS) is 13.5. The van der Waals surface area contributed by atoms with Crippen LogP contribution in [0.25, 0.3) is 10.8 Å². The number of carbonyl (C=O) groups excluding carboxylic acids is 3. The average Bonchev–Trinajstić information content (AvgIpc) is 3.14. The van der Waals surface area contributed by atoms with E-state index in [0.29, 0.717) is 30.6 Å². The first-order valence-corrected chi connectivity index (χ1v) is 18.4. The average molecular weight is 714 g/mol. The van der Waals surface area contributed by atoms with E-state index >= 15 is 0 Å². The molecule has 0 bridgehead atoms. The molecule has 5 aromatic carbocycles. The summed E-state index contributed by atoms with van der Waals surface area (Å²) >= 11 is 0. The first-order valence-electron chi connectivity index (χ1n) is 18.4. The largest absolute Gasteiger partial charge is 0.483 e. The van der Waals surface area contributed by atoms with Crippen molar-refractivity contribution in [1.29, 1.82) is 0 Å². The molecule has 0 aliphatic rings. The van der Waals surface area contributed by atoms with Gasteiger partial charge in [-0.3, -0.25) is 14.4 Å². The number of aryl methyl sites for hydroxylation is 2. The molecule has 0 aliphatic carbocycles. The Labute approximate surface area is 313 Å². The minimum atomic E-state index is -1.04. The highest BCUT2D eigenvalue weighted by atomic mass is 16.5. The predicted molar refractivity (Wildman–Crippen MR) is 211 cm³/mol. The third-order valence-corrected chi connectivity index (χ3v) is 9.40. The smallest absolute Gasteiger partial charge is 0.258 e. The van der Waals surface area contributed by atoms with Crippen LogP contribution in [-0.2, 0) is 22.4 Å². The third kappa shape index (κ3) is 11.5. The van der Waals surface area contributed by atoms with Crippen LogP contribution in [0.2, 0.25) is 0 Å². The molecule has 8 heteroatoms. The van der Waals surface area contributed by atoms with Gasteiger partial charge in [0.25, 0.3) is 11.8 Å². The van der Waals surface area contributed by atoms with Gasteiger partial charge in [-0.25, -0.2) is 0 Å². The molecule has 0 radical (unpaired) electrons. The highest BCUT2D eigenvalue weighted by Gasteiger charge is 2.30. The minimum absolute atomic E-state index is 0.108. The predicted octanol–water partition coefficient (Wildman–Crippen LogP) is 6.89. The molecule has 4 atom stereocenters. The van der Waals surface area contributed by atoms with E-state index in [9.17, 15) is 19.5 Å². The van der Waals surface area contributed by atoms with Crippen molar-refractivity contribution in [2.45, 2.75) is 77.6 Å². The van der Waals surface area contributed by atoms with Crippen molar-refractivity contribution < 1.29 is 24.2 Å². The highest BCUT2D eigenvalue weighted by Crippen LogP contribution is 2.22. The molecule has 4 N–H and O–H groups in total. The van der Waals surface area contributed by atoms with Crippen LogP contribution in [0.3, 0.4) is 0 Å². The van der Waals surface area contributed by atoms with Crippen LogP contribution < -0.4 is 20.7 Å². The zero-order valence-corrected chi connectivity index (χ0v) is 31.0. The van der Waals surface area contributed by atoms with Crippen molar-refractivity contribution in [1.82, 2.24) is 16.0 Å². The van der Waals surface area contributed by atoms with Gasteiger partial charge in [0.05, 0.1) is 12.1 Å². The summed E-state index contributed by atoms with van der Waals surface area (Å²) in [5.74, 6) is -0.241. The third-order valence-electron chi connectivity index (χ3n) is 9.40. The summed E-state index contributed by atoms with van der Waals surface area (Å²) < 4.78 is 5.94. The summed E-state index contributed by atoms with van der Waals surface area (Å²) in [7, 11) is 0. The number of hydrogen-bond acceptors (Lipinski definition) is 5. The number of fused-ring (bicyclic) bond motifs is 1. The number of aliphatic hydroxyl groups excluding tert-OH is 1. The molecule has 0 spiro atoms. The van der Waals surface area contributed by atoms with Crippen LogP contribution in [0.1, 0.15) is 59.3 Å². The number of ether oxygens (including phenoxy) is 1. The number of benzene rings is 5. The number of hydrogen-bond donors (Lipinski definition) is 4. The van der Waals surface area contributed by atoms with E-state index in [1.807, 2.05) is 143 Å². The molecule has 0 saturated carbocycles. The second-order valence-corrected chi connectivity index (χ2v) is 14.3. The zero-order chi connectivity index (χ0) is 37.7. The van der Waals surface area contributed by atoms with E-state index in [2.05, 4.69) is 16.0 Å². The number of aliphatic hydroxyl groups is 1. The summed E-state index contributed by atoms with van der Waals surface area (Å²) in [6, 6.07) is 36.5. The van der Waals surface area contributed by atoms with Crippen LogP contribution >= 0.6 is 0 Å². The van der Waals surface area contributed by atoms with E-state index in [1.54, 1.807) is 6.07 Å². The van der Waals surface area contributed by atoms with Gasteiger partial charge in [-0.15, -0.1) is 0 Å². The van der Waals surface area contributed by atoms with E-state index in [-0.39, 0.29) is 36.7 Å². The van der Waals surface area contributed by atoms with Gasteiger partial charge in [-0.1, -0.05) is 123 Å². The zero-order valence-electron chi connectivity index (χ0n) is 31.0. The van der Waals surface area contributed by atoms with Crippen molar-refractivity contribution in [2.75, 3.05) is 6.61 Å². The summed E-state index contributed by atoms with van der Waals surface area (Å²) in [5.41, 5.74) is 4.28. The molecule has 53 heavy (non-hydrogen) atoms. The second-order valence-electron chi connectivity index (χ2n) is 14.3. The van der Waals surface area contributed by atoms with Gasteiger partial charge in [-0.05, 0) is 90.6 Å². The van der Waals surface area contributed by atoms with Crippen LogP contribution in [0.5, 0.6) is 5.75 Å². The molecular formula is C45H51N3O5. The number of rotatable bonds is 17. The van der Waals surface area contributed by atoms with Gasteiger partial charge < -0.3 is 25.8 Å². The number of amides is 3. The SMILES string of the molecule is Cc1cccc(C)c1OCC(=O)N[C@@H](Cc1ccccc1)C[C@H](O)[C@H](Cc1ccccc1)NC(=O)[C@H](CC(C)C)NC(=O)c1ccc2ccccc2c1. The Morgan fingerprint density at radius 3 is 1.91 bits per heavy atom. The molecule has 0 aromatic heterocycles. The van der Waals surface area contributed by atoms with Gasteiger partial charge >= 0.3 is 0 Å². The fourth-order valence-corrected chi connectivity index (χ4v) is 6.69. The molecule has 0 unspecified atom stereocenters. The maximum atomic E-state index is 14.1. The molecule has 0 aliphatic heterocycles. The Kier molecular flexibility index (Phi) is 13.8. The Hall–Kier alpha value is -5.47. The molecule has 0 heterocycles. The topological polar surface area (TPSA) is 117 Å². The molecule has 0 saturated heterocycles. The van der Waals surface area contributed by atoms with Crippen molar-refractivity contribution >= 4 is 28.5 Å². The van der Waals surface area contributed by atoms with Crippen molar-refractivity contribution in [2.24, 2.45) is 5.92 Å². The molecule has 8 nitrogen and oxygen atoms in total. The van der Waals surface area contributed by atoms with E-state index in [1.165, 1.54) is 0 Å². The van der Waals surface area contributed by atoms with Crippen LogP contribution in [0, 0.1) is 19.8 Å². The van der Waals surface area contributed by atoms with E-state index in [4.69, 9.17) is 4.74 Å². The molecule has 3 amide bonds. The molecule has 5 rings (SSSR count). The molecule has 0 fully saturated rings. The summed E-state index contributed by atoms with van der Waals surface area (Å²) in [4.78, 5) is 40.9. The highest BCUT2D eigenvalue weighted by molar-refractivity contribution is 6.00. The number of carbonyl (C=O) groups is 3. The summed E-state index contributed by atoms with van der Waals surface area (Å²) in [6.07, 6.45) is 0.356. The lowest BCUT2D eigenvalue weighted by Gasteiger charge is -2.30. The van der Waals surface area contributed by atoms with Crippen LogP contribution in [0.4, 0.5) is 0 Å².